The molecule has 2 aliphatic heterocycles. The van der Waals surface area contributed by atoms with Crippen molar-refractivity contribution in [3.63, 3.8) is 0 Å². The number of ether oxygens (including phenoxy) is 1. The van der Waals surface area contributed by atoms with E-state index in [1.165, 1.54) is 0 Å². The third kappa shape index (κ3) is 5.42. The zero-order valence-corrected chi connectivity index (χ0v) is 20.6. The number of primary amides is 1. The summed E-state index contributed by atoms with van der Waals surface area (Å²) in [5.74, 6) is 0.00566. The Balaban J connectivity index is 1.45. The first-order chi connectivity index (χ1) is 17.5. The minimum atomic E-state index is -0.657. The van der Waals surface area contributed by atoms with E-state index in [2.05, 4.69) is 39.3 Å². The number of amides is 1. The van der Waals surface area contributed by atoms with Gasteiger partial charge in [-0.1, -0.05) is 30.3 Å². The summed E-state index contributed by atoms with van der Waals surface area (Å²) in [7, 11) is 2.07. The van der Waals surface area contributed by atoms with Crippen molar-refractivity contribution < 1.29 is 9.53 Å². The van der Waals surface area contributed by atoms with Crippen molar-refractivity contribution in [1.29, 1.82) is 0 Å². The molecule has 2 fully saturated rings. The lowest BCUT2D eigenvalue weighted by Crippen LogP contribution is -2.39. The molecule has 188 valence electrons. The van der Waals surface area contributed by atoms with Crippen LogP contribution in [0.5, 0.6) is 5.88 Å². The molecule has 36 heavy (non-hydrogen) atoms. The Kier molecular flexibility index (Phi) is 7.02. The van der Waals surface area contributed by atoms with Crippen molar-refractivity contribution in [3.05, 3.63) is 60.3 Å². The summed E-state index contributed by atoms with van der Waals surface area (Å²) in [4.78, 5) is 26.3. The molecule has 3 heterocycles. The van der Waals surface area contributed by atoms with Crippen LogP contribution in [0.1, 0.15) is 29.8 Å². The number of carbonyl (C=O) groups excluding carboxylic acids is 1. The third-order valence-corrected chi connectivity index (χ3v) is 6.81. The lowest BCUT2D eigenvalue weighted by molar-refractivity contribution is 0.0996. The van der Waals surface area contributed by atoms with Gasteiger partial charge in [-0.05, 0) is 50.6 Å². The Hall–Kier alpha value is -3.69. The number of hydrogen-bond acceptors (Lipinski definition) is 8. The summed E-state index contributed by atoms with van der Waals surface area (Å²) in [6.07, 6.45) is 2.88. The number of nitrogens with zero attached hydrogens (tertiary/aromatic N) is 4. The predicted molar refractivity (Wildman–Crippen MR) is 142 cm³/mol. The first-order valence-corrected chi connectivity index (χ1v) is 12.5. The number of piperidine rings is 1. The Morgan fingerprint density at radius 2 is 1.72 bits per heavy atom. The minimum Gasteiger partial charge on any atom is -0.471 e. The highest BCUT2D eigenvalue weighted by Crippen LogP contribution is 2.32. The molecule has 0 saturated carbocycles. The summed E-state index contributed by atoms with van der Waals surface area (Å²) in [5, 5.41) is 3.24. The van der Waals surface area contributed by atoms with Crippen molar-refractivity contribution in [1.82, 2.24) is 14.9 Å². The summed E-state index contributed by atoms with van der Waals surface area (Å²) < 4.78 is 6.33. The van der Waals surface area contributed by atoms with E-state index in [1.807, 2.05) is 42.5 Å². The quantitative estimate of drug-likeness (QED) is 0.465. The highest BCUT2D eigenvalue weighted by Gasteiger charge is 2.26. The van der Waals surface area contributed by atoms with Gasteiger partial charge in [0.15, 0.2) is 11.5 Å². The molecule has 9 heteroatoms. The molecule has 0 unspecified atom stereocenters. The van der Waals surface area contributed by atoms with Gasteiger partial charge in [0.2, 0.25) is 5.88 Å². The Morgan fingerprint density at radius 1 is 1.00 bits per heavy atom. The van der Waals surface area contributed by atoms with Crippen LogP contribution in [0, 0.1) is 0 Å². The second-order valence-electron chi connectivity index (χ2n) is 9.59. The first kappa shape index (κ1) is 24.0. The number of benzene rings is 2. The van der Waals surface area contributed by atoms with Gasteiger partial charge in [0.1, 0.15) is 11.8 Å². The lowest BCUT2D eigenvalue weighted by Gasteiger charge is -2.32. The zero-order chi connectivity index (χ0) is 25.1. The molecule has 1 aromatic heterocycles. The van der Waals surface area contributed by atoms with E-state index in [0.29, 0.717) is 11.6 Å². The summed E-state index contributed by atoms with van der Waals surface area (Å²) >= 11 is 0. The van der Waals surface area contributed by atoms with Gasteiger partial charge in [-0.2, -0.15) is 4.98 Å². The zero-order valence-electron chi connectivity index (χ0n) is 20.6. The highest BCUT2D eigenvalue weighted by atomic mass is 16.5. The normalized spacial score (nSPS) is 18.8. The SMILES string of the molecule is CN1CC[C@H](Oc2nc(Nc3ccc(N4CCC(N)CC4)cc3)c(C(N)=O)nc2-c2ccccc2)C1. The average Bonchev–Trinajstić information content (AvgIpc) is 3.30. The fraction of sp³-hybridized carbons (Fsp3) is 0.370. The third-order valence-electron chi connectivity index (χ3n) is 6.81. The van der Waals surface area contributed by atoms with Gasteiger partial charge in [-0.15, -0.1) is 0 Å². The molecule has 0 radical (unpaired) electrons. The first-order valence-electron chi connectivity index (χ1n) is 12.5. The van der Waals surface area contributed by atoms with Gasteiger partial charge in [-0.25, -0.2) is 4.98 Å². The number of likely N-dealkylation sites (N-methyl/N-ethyl adjacent to an activating group) is 1. The van der Waals surface area contributed by atoms with Gasteiger partial charge in [-0.3, -0.25) is 4.79 Å². The smallest absolute Gasteiger partial charge is 0.271 e. The van der Waals surface area contributed by atoms with Crippen LogP contribution in [0.25, 0.3) is 11.3 Å². The highest BCUT2D eigenvalue weighted by molar-refractivity contribution is 5.97. The molecule has 5 rings (SSSR count). The maximum atomic E-state index is 12.4. The maximum Gasteiger partial charge on any atom is 0.271 e. The van der Waals surface area contributed by atoms with Crippen LogP contribution in [0.2, 0.25) is 0 Å². The molecule has 2 saturated heterocycles. The van der Waals surface area contributed by atoms with Crippen LogP contribution in [0.3, 0.4) is 0 Å². The molecule has 1 atom stereocenters. The van der Waals surface area contributed by atoms with E-state index in [1.54, 1.807) is 0 Å². The summed E-state index contributed by atoms with van der Waals surface area (Å²) in [6, 6.07) is 17.9. The number of anilines is 3. The molecule has 0 bridgehead atoms. The van der Waals surface area contributed by atoms with Gasteiger partial charge in [0.25, 0.3) is 5.91 Å². The Labute approximate surface area is 211 Å². The Bertz CT molecular complexity index is 1190. The number of rotatable bonds is 7. The molecular formula is C27H33N7O2. The number of aromatic nitrogens is 2. The van der Waals surface area contributed by atoms with Crippen molar-refractivity contribution >= 4 is 23.1 Å². The van der Waals surface area contributed by atoms with Crippen LogP contribution < -0.4 is 26.4 Å². The molecule has 0 aliphatic carbocycles. The largest absolute Gasteiger partial charge is 0.471 e. The second kappa shape index (κ2) is 10.5. The number of nitrogens with two attached hydrogens (primary N) is 2. The van der Waals surface area contributed by atoms with Crippen LogP contribution >= 0.6 is 0 Å². The molecule has 5 N–H and O–H groups in total. The van der Waals surface area contributed by atoms with Crippen molar-refractivity contribution in [2.75, 3.05) is 43.4 Å². The van der Waals surface area contributed by atoms with Crippen LogP contribution in [-0.4, -0.2) is 66.1 Å². The van der Waals surface area contributed by atoms with E-state index in [4.69, 9.17) is 21.2 Å². The molecule has 1 amide bonds. The molecular weight excluding hydrogens is 454 g/mol. The van der Waals surface area contributed by atoms with Crippen molar-refractivity contribution in [2.45, 2.75) is 31.4 Å². The molecule has 2 aromatic carbocycles. The average molecular weight is 488 g/mol. The number of likely N-dealkylation sites (tertiary alicyclic amines) is 1. The molecule has 0 spiro atoms. The topological polar surface area (TPSA) is 123 Å². The summed E-state index contributed by atoms with van der Waals surface area (Å²) in [5.41, 5.74) is 15.1. The summed E-state index contributed by atoms with van der Waals surface area (Å²) in [6.45, 7) is 3.66. The van der Waals surface area contributed by atoms with Crippen molar-refractivity contribution in [3.8, 4) is 17.1 Å². The van der Waals surface area contributed by atoms with Gasteiger partial charge < -0.3 is 31.3 Å². The standard InChI is InChI=1S/C27H33N7O2/c1-33-14-13-22(17-33)36-27-23(18-5-3-2-4-6-18)31-24(25(29)35)26(32-27)30-20-7-9-21(10-8-20)34-15-11-19(28)12-16-34/h2-10,19,22H,11-17,28H2,1H3,(H2,29,35)(H,30,32)/t22-/m0/s1. The van der Waals surface area contributed by atoms with Gasteiger partial charge in [0, 0.05) is 49.2 Å². The van der Waals surface area contributed by atoms with E-state index in [9.17, 15) is 4.79 Å². The second-order valence-corrected chi connectivity index (χ2v) is 9.59. The number of carbonyl (C=O) groups is 1. The minimum absolute atomic E-state index is 0.00372. The van der Waals surface area contributed by atoms with Crippen molar-refractivity contribution in [2.24, 2.45) is 11.5 Å². The number of nitrogens with one attached hydrogen (secondary N) is 1. The van der Waals surface area contributed by atoms with Crippen LogP contribution in [-0.2, 0) is 0 Å². The maximum absolute atomic E-state index is 12.4. The monoisotopic (exact) mass is 487 g/mol. The van der Waals surface area contributed by atoms with Crippen LogP contribution in [0.15, 0.2) is 54.6 Å². The molecule has 3 aromatic rings. The van der Waals surface area contributed by atoms with Crippen LogP contribution in [0.4, 0.5) is 17.2 Å². The number of hydrogen-bond donors (Lipinski definition) is 3. The van der Waals surface area contributed by atoms with Gasteiger partial charge in [0.05, 0.1) is 0 Å². The van der Waals surface area contributed by atoms with Gasteiger partial charge >= 0.3 is 0 Å². The lowest BCUT2D eigenvalue weighted by atomic mass is 10.1. The molecule has 9 nitrogen and oxygen atoms in total. The molecule has 2 aliphatic rings. The van der Waals surface area contributed by atoms with E-state index in [-0.39, 0.29) is 23.7 Å². The van der Waals surface area contributed by atoms with E-state index < -0.39 is 5.91 Å². The van der Waals surface area contributed by atoms with E-state index >= 15 is 0 Å². The Morgan fingerprint density at radius 3 is 2.36 bits per heavy atom. The van der Waals surface area contributed by atoms with E-state index in [0.717, 1.165) is 62.4 Å². The fourth-order valence-corrected chi connectivity index (χ4v) is 4.74. The predicted octanol–water partition coefficient (Wildman–Crippen LogP) is 3.00. The fourth-order valence-electron chi connectivity index (χ4n) is 4.74.